The van der Waals surface area contributed by atoms with Gasteiger partial charge in [-0.25, -0.2) is 4.98 Å². The number of Topliss-reactive ketones (excluding diaryl/α,β-unsaturated/α-hetero) is 1. The number of H-pyrrole nitrogens is 1. The summed E-state index contributed by atoms with van der Waals surface area (Å²) in [4.78, 5) is 33.2. The van der Waals surface area contributed by atoms with Crippen molar-refractivity contribution in [1.82, 2.24) is 9.97 Å². The number of carbonyl (C=O) groups is 1. The molecular weight excluding hydrogens is 362 g/mol. The third-order valence-corrected chi connectivity index (χ3v) is 5.72. The van der Waals surface area contributed by atoms with Crippen molar-refractivity contribution in [1.29, 1.82) is 0 Å². The summed E-state index contributed by atoms with van der Waals surface area (Å²) >= 11 is 1.49. The largest absolute Gasteiger partial charge is 0.497 e. The summed E-state index contributed by atoms with van der Waals surface area (Å²) in [7, 11) is 1.61. The number of fused-ring (bicyclic) bond motifs is 1. The highest BCUT2D eigenvalue weighted by molar-refractivity contribution is 7.99. The Morgan fingerprint density at radius 3 is 2.70 bits per heavy atom. The number of hydrogen-bond donors (Lipinski definition) is 2. The summed E-state index contributed by atoms with van der Waals surface area (Å²) in [5.74, 6) is 1.80. The first-order valence-corrected chi connectivity index (χ1v) is 10.0. The molecule has 1 aromatic heterocycles. The fourth-order valence-electron chi connectivity index (χ4n) is 3.78. The summed E-state index contributed by atoms with van der Waals surface area (Å²) < 4.78 is 5.25. The van der Waals surface area contributed by atoms with Gasteiger partial charge in [-0.2, -0.15) is 0 Å². The molecule has 0 saturated carbocycles. The summed E-state index contributed by atoms with van der Waals surface area (Å²) in [5.41, 5.74) is 2.79. The van der Waals surface area contributed by atoms with E-state index in [9.17, 15) is 9.59 Å². The molecule has 1 aromatic carbocycles. The molecular formula is C20H21N3O3S. The minimum absolute atomic E-state index is 0.0987. The number of aromatic amines is 1. The van der Waals surface area contributed by atoms with Gasteiger partial charge < -0.3 is 15.0 Å². The van der Waals surface area contributed by atoms with Crippen molar-refractivity contribution in [3.8, 4) is 5.75 Å². The zero-order valence-electron chi connectivity index (χ0n) is 15.3. The molecule has 0 saturated heterocycles. The molecule has 7 heteroatoms. The van der Waals surface area contributed by atoms with Gasteiger partial charge in [0.25, 0.3) is 5.56 Å². The lowest BCUT2D eigenvalue weighted by atomic mass is 9.76. The van der Waals surface area contributed by atoms with Crippen LogP contribution in [-0.2, 0) is 4.79 Å². The minimum atomic E-state index is -0.410. The molecule has 2 aromatic rings. The van der Waals surface area contributed by atoms with Crippen molar-refractivity contribution in [3.05, 3.63) is 57.0 Å². The van der Waals surface area contributed by atoms with E-state index in [1.165, 1.54) is 11.8 Å². The number of hydrogen-bond acceptors (Lipinski definition) is 6. The Morgan fingerprint density at radius 2 is 2.00 bits per heavy atom. The summed E-state index contributed by atoms with van der Waals surface area (Å²) in [5, 5.41) is 3.87. The molecule has 4 rings (SSSR count). The first-order valence-electron chi connectivity index (χ1n) is 9.06. The Hall–Kier alpha value is -2.54. The van der Waals surface area contributed by atoms with Crippen LogP contribution in [0.25, 0.3) is 0 Å². The van der Waals surface area contributed by atoms with Crippen LogP contribution in [0.4, 0.5) is 5.82 Å². The summed E-state index contributed by atoms with van der Waals surface area (Å²) in [6.07, 6.45) is 2.12. The van der Waals surface area contributed by atoms with E-state index in [-0.39, 0.29) is 11.3 Å². The second-order valence-corrected chi connectivity index (χ2v) is 7.82. The highest BCUT2D eigenvalue weighted by Crippen LogP contribution is 2.43. The van der Waals surface area contributed by atoms with Crippen molar-refractivity contribution < 1.29 is 9.53 Å². The summed E-state index contributed by atoms with van der Waals surface area (Å²) in [6.45, 7) is 2.01. The summed E-state index contributed by atoms with van der Waals surface area (Å²) in [6, 6.07) is 7.54. The predicted octanol–water partition coefficient (Wildman–Crippen LogP) is 3.46. The second-order valence-electron chi connectivity index (χ2n) is 6.57. The Morgan fingerprint density at radius 1 is 1.22 bits per heavy atom. The number of carbonyl (C=O) groups excluding carboxylic acids is 1. The van der Waals surface area contributed by atoms with Crippen LogP contribution in [0, 0.1) is 0 Å². The van der Waals surface area contributed by atoms with E-state index in [0.29, 0.717) is 28.5 Å². The van der Waals surface area contributed by atoms with E-state index in [2.05, 4.69) is 15.3 Å². The van der Waals surface area contributed by atoms with Crippen molar-refractivity contribution in [2.24, 2.45) is 0 Å². The zero-order chi connectivity index (χ0) is 19.0. The molecule has 1 aliphatic heterocycles. The molecule has 1 aliphatic carbocycles. The fourth-order valence-corrected chi connectivity index (χ4v) is 4.37. The van der Waals surface area contributed by atoms with Crippen LogP contribution >= 0.6 is 11.8 Å². The minimum Gasteiger partial charge on any atom is -0.497 e. The number of allylic oxidation sites excluding steroid dienone is 2. The van der Waals surface area contributed by atoms with Gasteiger partial charge in [0.1, 0.15) is 11.6 Å². The normalized spacial score (nSPS) is 18.6. The van der Waals surface area contributed by atoms with Gasteiger partial charge in [-0.3, -0.25) is 9.59 Å². The molecule has 0 fully saturated rings. The number of ether oxygens (including phenoxy) is 1. The van der Waals surface area contributed by atoms with Crippen LogP contribution in [0.2, 0.25) is 0 Å². The number of nitrogens with zero attached hydrogens (tertiary/aromatic N) is 1. The van der Waals surface area contributed by atoms with Gasteiger partial charge in [0.2, 0.25) is 0 Å². The molecule has 0 amide bonds. The third kappa shape index (κ3) is 3.16. The lowest BCUT2D eigenvalue weighted by Gasteiger charge is -2.32. The molecule has 2 aliphatic rings. The van der Waals surface area contributed by atoms with E-state index in [4.69, 9.17) is 4.74 Å². The van der Waals surface area contributed by atoms with Gasteiger partial charge in [0, 0.05) is 23.6 Å². The van der Waals surface area contributed by atoms with E-state index in [0.717, 1.165) is 35.6 Å². The van der Waals surface area contributed by atoms with Gasteiger partial charge in [-0.1, -0.05) is 30.8 Å². The number of thioether (sulfide) groups is 1. The topological polar surface area (TPSA) is 84.1 Å². The number of benzene rings is 1. The predicted molar refractivity (Wildman–Crippen MR) is 106 cm³/mol. The maximum atomic E-state index is 12.9. The highest BCUT2D eigenvalue weighted by Gasteiger charge is 2.37. The van der Waals surface area contributed by atoms with E-state index in [1.807, 2.05) is 31.2 Å². The Balaban J connectivity index is 1.91. The lowest BCUT2D eigenvalue weighted by Crippen LogP contribution is -2.32. The molecule has 140 valence electrons. The van der Waals surface area contributed by atoms with Crippen LogP contribution in [0.3, 0.4) is 0 Å². The zero-order valence-corrected chi connectivity index (χ0v) is 16.1. The van der Waals surface area contributed by atoms with E-state index >= 15 is 0 Å². The number of anilines is 1. The molecule has 0 bridgehead atoms. The highest BCUT2D eigenvalue weighted by atomic mass is 32.2. The van der Waals surface area contributed by atoms with Crippen LogP contribution in [-0.4, -0.2) is 28.6 Å². The number of nitrogens with one attached hydrogen (secondary N) is 2. The van der Waals surface area contributed by atoms with Gasteiger partial charge in [-0.05, 0) is 36.3 Å². The maximum absolute atomic E-state index is 12.9. The van der Waals surface area contributed by atoms with Crippen LogP contribution in [0.15, 0.2) is 45.5 Å². The Kier molecular flexibility index (Phi) is 4.78. The van der Waals surface area contributed by atoms with Gasteiger partial charge >= 0.3 is 0 Å². The van der Waals surface area contributed by atoms with Crippen molar-refractivity contribution >= 4 is 23.4 Å². The number of methoxy groups -OCH3 is 1. The molecule has 2 heterocycles. The van der Waals surface area contributed by atoms with Crippen LogP contribution in [0.1, 0.15) is 43.2 Å². The van der Waals surface area contributed by atoms with Gasteiger partial charge in [-0.15, -0.1) is 0 Å². The first-order chi connectivity index (χ1) is 13.1. The van der Waals surface area contributed by atoms with E-state index in [1.54, 1.807) is 7.11 Å². The van der Waals surface area contributed by atoms with E-state index < -0.39 is 5.92 Å². The quantitative estimate of drug-likeness (QED) is 0.621. The van der Waals surface area contributed by atoms with Gasteiger partial charge in [0.05, 0.1) is 12.7 Å². The maximum Gasteiger partial charge on any atom is 0.257 e. The average Bonchev–Trinajstić information content (AvgIpc) is 2.67. The Labute approximate surface area is 161 Å². The standard InChI is InChI=1S/C20H21N3O3S/c1-3-27-20-22-18-17(19(25)23-20)15(11-7-9-12(26-2)10-8-11)16-13(21-18)5-4-6-14(16)24/h7-10,15H,3-6H2,1-2H3,(H2,21,22,23,25). The lowest BCUT2D eigenvalue weighted by molar-refractivity contribution is -0.116. The molecule has 0 radical (unpaired) electrons. The smallest absolute Gasteiger partial charge is 0.257 e. The molecule has 6 nitrogen and oxygen atoms in total. The first kappa shape index (κ1) is 17.9. The monoisotopic (exact) mass is 383 g/mol. The Bertz CT molecular complexity index is 979. The number of aromatic nitrogens is 2. The third-order valence-electron chi connectivity index (χ3n) is 4.97. The molecule has 2 N–H and O–H groups in total. The van der Waals surface area contributed by atoms with Crippen LogP contribution < -0.4 is 15.6 Å². The number of rotatable bonds is 4. The molecule has 1 unspecified atom stereocenters. The van der Waals surface area contributed by atoms with Crippen molar-refractivity contribution in [3.63, 3.8) is 0 Å². The van der Waals surface area contributed by atoms with Gasteiger partial charge in [0.15, 0.2) is 10.9 Å². The van der Waals surface area contributed by atoms with Crippen LogP contribution in [0.5, 0.6) is 5.75 Å². The van der Waals surface area contributed by atoms with Crippen molar-refractivity contribution in [2.75, 3.05) is 18.2 Å². The molecule has 1 atom stereocenters. The molecule has 27 heavy (non-hydrogen) atoms. The number of ketones is 1. The SMILES string of the molecule is CCSc1nc2c(c(=O)[nH]1)C(c1ccc(OC)cc1)C1=C(CCCC1=O)N2. The second kappa shape index (κ2) is 7.23. The average molecular weight is 383 g/mol. The molecule has 0 spiro atoms. The fraction of sp³-hybridized carbons (Fsp3) is 0.350. The van der Waals surface area contributed by atoms with Crippen molar-refractivity contribution in [2.45, 2.75) is 37.3 Å².